The van der Waals surface area contributed by atoms with E-state index in [1.165, 1.54) is 6.92 Å². The zero-order chi connectivity index (χ0) is 12.9. The molecule has 0 aliphatic carbocycles. The Morgan fingerprint density at radius 1 is 1.25 bits per heavy atom. The standard InChI is InChI=1S/C12H22O4/c1-8(6-7-12(3,4)5)16-11(15)9(2)10(13)14/h8-9H,6-7H2,1-5H3,(H,13,14). The molecule has 0 rings (SSSR count). The third kappa shape index (κ3) is 6.43. The summed E-state index contributed by atoms with van der Waals surface area (Å²) < 4.78 is 5.05. The number of carbonyl (C=O) groups is 2. The molecule has 4 heteroatoms. The van der Waals surface area contributed by atoms with Crippen molar-refractivity contribution in [1.29, 1.82) is 0 Å². The van der Waals surface area contributed by atoms with E-state index < -0.39 is 17.9 Å². The van der Waals surface area contributed by atoms with Gasteiger partial charge in [0.2, 0.25) is 0 Å². The van der Waals surface area contributed by atoms with Gasteiger partial charge in [0.1, 0.15) is 0 Å². The van der Waals surface area contributed by atoms with E-state index >= 15 is 0 Å². The monoisotopic (exact) mass is 230 g/mol. The van der Waals surface area contributed by atoms with Gasteiger partial charge in [-0.3, -0.25) is 9.59 Å². The SMILES string of the molecule is CC(CCC(C)(C)C)OC(=O)C(C)C(=O)O. The van der Waals surface area contributed by atoms with Crippen molar-refractivity contribution in [1.82, 2.24) is 0 Å². The van der Waals surface area contributed by atoms with Crippen molar-refractivity contribution in [2.24, 2.45) is 11.3 Å². The van der Waals surface area contributed by atoms with Gasteiger partial charge in [0.15, 0.2) is 5.92 Å². The van der Waals surface area contributed by atoms with E-state index in [-0.39, 0.29) is 11.5 Å². The van der Waals surface area contributed by atoms with Gasteiger partial charge in [-0.15, -0.1) is 0 Å². The van der Waals surface area contributed by atoms with Gasteiger partial charge in [0, 0.05) is 0 Å². The topological polar surface area (TPSA) is 63.6 Å². The minimum Gasteiger partial charge on any atom is -0.481 e. The maximum absolute atomic E-state index is 11.3. The van der Waals surface area contributed by atoms with Crippen LogP contribution in [0.4, 0.5) is 0 Å². The smallest absolute Gasteiger partial charge is 0.320 e. The molecule has 0 aromatic rings. The molecule has 16 heavy (non-hydrogen) atoms. The fourth-order valence-electron chi connectivity index (χ4n) is 1.10. The van der Waals surface area contributed by atoms with Crippen molar-refractivity contribution in [2.75, 3.05) is 0 Å². The Balaban J connectivity index is 4.01. The number of carbonyl (C=O) groups excluding carboxylic acids is 1. The van der Waals surface area contributed by atoms with E-state index in [9.17, 15) is 9.59 Å². The predicted octanol–water partition coefficient (Wildman–Crippen LogP) is 2.47. The Hall–Kier alpha value is -1.06. The number of rotatable bonds is 5. The van der Waals surface area contributed by atoms with Gasteiger partial charge in [-0.25, -0.2) is 0 Å². The van der Waals surface area contributed by atoms with Gasteiger partial charge < -0.3 is 9.84 Å². The molecule has 0 aromatic heterocycles. The highest BCUT2D eigenvalue weighted by Crippen LogP contribution is 2.22. The lowest BCUT2D eigenvalue weighted by Gasteiger charge is -2.21. The van der Waals surface area contributed by atoms with Crippen LogP contribution in [0.5, 0.6) is 0 Å². The quantitative estimate of drug-likeness (QED) is 0.582. The van der Waals surface area contributed by atoms with E-state index in [1.54, 1.807) is 6.92 Å². The predicted molar refractivity (Wildman–Crippen MR) is 61.0 cm³/mol. The first-order valence-corrected chi connectivity index (χ1v) is 5.57. The highest BCUT2D eigenvalue weighted by molar-refractivity contribution is 5.93. The number of ether oxygens (including phenoxy) is 1. The van der Waals surface area contributed by atoms with E-state index in [0.717, 1.165) is 12.8 Å². The average Bonchev–Trinajstić information content (AvgIpc) is 2.12. The summed E-state index contributed by atoms with van der Waals surface area (Å²) in [5, 5.41) is 8.62. The van der Waals surface area contributed by atoms with Gasteiger partial charge in [-0.2, -0.15) is 0 Å². The van der Waals surface area contributed by atoms with Crippen LogP contribution < -0.4 is 0 Å². The molecule has 0 amide bonds. The normalized spacial score (nSPS) is 15.3. The lowest BCUT2D eigenvalue weighted by Crippen LogP contribution is -2.26. The molecular weight excluding hydrogens is 208 g/mol. The van der Waals surface area contributed by atoms with Gasteiger partial charge in [0.25, 0.3) is 0 Å². The van der Waals surface area contributed by atoms with Crippen molar-refractivity contribution in [3.63, 3.8) is 0 Å². The zero-order valence-corrected chi connectivity index (χ0v) is 10.7. The average molecular weight is 230 g/mol. The number of carboxylic acids is 1. The van der Waals surface area contributed by atoms with Crippen LogP contribution in [0.25, 0.3) is 0 Å². The first-order chi connectivity index (χ1) is 7.13. The molecule has 0 saturated carbocycles. The first kappa shape index (κ1) is 14.9. The summed E-state index contributed by atoms with van der Waals surface area (Å²) >= 11 is 0. The van der Waals surface area contributed by atoms with Crippen molar-refractivity contribution < 1.29 is 19.4 Å². The molecule has 0 saturated heterocycles. The van der Waals surface area contributed by atoms with Gasteiger partial charge in [0.05, 0.1) is 6.10 Å². The molecule has 4 nitrogen and oxygen atoms in total. The Bertz CT molecular complexity index is 252. The van der Waals surface area contributed by atoms with E-state index in [1.807, 2.05) is 0 Å². The third-order valence-corrected chi connectivity index (χ3v) is 2.34. The fraction of sp³-hybridized carbons (Fsp3) is 0.833. The van der Waals surface area contributed by atoms with Crippen LogP contribution in [0.15, 0.2) is 0 Å². The molecule has 0 aromatic carbocycles. The van der Waals surface area contributed by atoms with Crippen molar-refractivity contribution in [2.45, 2.75) is 53.6 Å². The van der Waals surface area contributed by atoms with Crippen LogP contribution in [0.1, 0.15) is 47.5 Å². The van der Waals surface area contributed by atoms with E-state index in [4.69, 9.17) is 9.84 Å². The number of carboxylic acid groups (broad SMARTS) is 1. The molecule has 0 spiro atoms. The summed E-state index contributed by atoms with van der Waals surface area (Å²) in [6.07, 6.45) is 1.46. The lowest BCUT2D eigenvalue weighted by atomic mass is 9.89. The number of esters is 1. The summed E-state index contributed by atoms with van der Waals surface area (Å²) in [5.41, 5.74) is 0.194. The lowest BCUT2D eigenvalue weighted by molar-refractivity contribution is -0.161. The zero-order valence-electron chi connectivity index (χ0n) is 10.7. The summed E-state index contributed by atoms with van der Waals surface area (Å²) in [6.45, 7) is 9.46. The largest absolute Gasteiger partial charge is 0.481 e. The molecule has 0 heterocycles. The van der Waals surface area contributed by atoms with Crippen molar-refractivity contribution in [3.8, 4) is 0 Å². The molecule has 0 aliphatic heterocycles. The second-order valence-electron chi connectivity index (χ2n) is 5.41. The molecule has 0 bridgehead atoms. The van der Waals surface area contributed by atoms with Crippen molar-refractivity contribution >= 4 is 11.9 Å². The summed E-state index contributed by atoms with van der Waals surface area (Å²) in [5.74, 6) is -2.89. The number of hydrogen-bond acceptors (Lipinski definition) is 3. The highest BCUT2D eigenvalue weighted by atomic mass is 16.5. The van der Waals surface area contributed by atoms with Gasteiger partial charge in [-0.05, 0) is 32.1 Å². The summed E-state index contributed by atoms with van der Waals surface area (Å²) in [4.78, 5) is 21.9. The fourth-order valence-corrected chi connectivity index (χ4v) is 1.10. The van der Waals surface area contributed by atoms with Gasteiger partial charge in [-0.1, -0.05) is 20.8 Å². The molecule has 2 unspecified atom stereocenters. The maximum Gasteiger partial charge on any atom is 0.320 e. The van der Waals surface area contributed by atoms with Crippen LogP contribution in [0.2, 0.25) is 0 Å². The minimum absolute atomic E-state index is 0.194. The van der Waals surface area contributed by atoms with Crippen LogP contribution in [-0.4, -0.2) is 23.1 Å². The maximum atomic E-state index is 11.3. The molecule has 2 atom stereocenters. The molecule has 0 fully saturated rings. The van der Waals surface area contributed by atoms with Crippen LogP contribution in [0.3, 0.4) is 0 Å². The molecule has 0 radical (unpaired) electrons. The number of hydrogen-bond donors (Lipinski definition) is 1. The van der Waals surface area contributed by atoms with Crippen LogP contribution in [-0.2, 0) is 14.3 Å². The van der Waals surface area contributed by atoms with Crippen molar-refractivity contribution in [3.05, 3.63) is 0 Å². The van der Waals surface area contributed by atoms with Crippen LogP contribution in [0, 0.1) is 11.3 Å². The second-order valence-corrected chi connectivity index (χ2v) is 5.41. The summed E-state index contributed by atoms with van der Waals surface area (Å²) in [6, 6.07) is 0. The molecule has 94 valence electrons. The van der Waals surface area contributed by atoms with Crippen LogP contribution >= 0.6 is 0 Å². The minimum atomic E-state index is -1.15. The number of aliphatic carboxylic acids is 1. The Kier molecular flexibility index (Phi) is 5.48. The Labute approximate surface area is 97.0 Å². The third-order valence-electron chi connectivity index (χ3n) is 2.34. The van der Waals surface area contributed by atoms with Gasteiger partial charge >= 0.3 is 11.9 Å². The Morgan fingerprint density at radius 2 is 1.75 bits per heavy atom. The van der Waals surface area contributed by atoms with E-state index in [2.05, 4.69) is 20.8 Å². The molecule has 1 N–H and O–H groups in total. The Morgan fingerprint density at radius 3 is 2.12 bits per heavy atom. The first-order valence-electron chi connectivity index (χ1n) is 5.57. The molecule has 0 aliphatic rings. The second kappa shape index (κ2) is 5.87. The summed E-state index contributed by atoms with van der Waals surface area (Å²) in [7, 11) is 0. The van der Waals surface area contributed by atoms with E-state index in [0.29, 0.717) is 0 Å². The molecular formula is C12H22O4. The highest BCUT2D eigenvalue weighted by Gasteiger charge is 2.24.